The van der Waals surface area contributed by atoms with Crippen molar-refractivity contribution in [3.8, 4) is 0 Å². The highest BCUT2D eigenvalue weighted by molar-refractivity contribution is 7.19. The maximum atomic E-state index is 9.19. The van der Waals surface area contributed by atoms with Crippen molar-refractivity contribution in [2.75, 3.05) is 0 Å². The van der Waals surface area contributed by atoms with Crippen LogP contribution in [0, 0.1) is 6.92 Å². The van der Waals surface area contributed by atoms with Crippen molar-refractivity contribution in [2.24, 2.45) is 0 Å². The van der Waals surface area contributed by atoms with Crippen LogP contribution in [0.15, 0.2) is 18.2 Å². The van der Waals surface area contributed by atoms with Crippen LogP contribution in [-0.4, -0.2) is 5.11 Å². The van der Waals surface area contributed by atoms with E-state index in [2.05, 4.69) is 32.0 Å². The average molecular weight is 206 g/mol. The molecular weight excluding hydrogens is 192 g/mol. The van der Waals surface area contributed by atoms with Crippen molar-refractivity contribution in [2.45, 2.75) is 26.9 Å². The summed E-state index contributed by atoms with van der Waals surface area (Å²) >= 11 is 1.73. The smallest absolute Gasteiger partial charge is 0.0777 e. The van der Waals surface area contributed by atoms with Gasteiger partial charge in [0.25, 0.3) is 0 Å². The first-order valence-corrected chi connectivity index (χ1v) is 5.70. The minimum Gasteiger partial charge on any atom is -0.391 e. The molecule has 0 bridgehead atoms. The Morgan fingerprint density at radius 1 is 1.36 bits per heavy atom. The number of aliphatic hydroxyl groups is 1. The molecule has 1 N–H and O–H groups in total. The fraction of sp³-hybridized carbons (Fsp3) is 0.333. The van der Waals surface area contributed by atoms with Crippen LogP contribution in [0.1, 0.15) is 22.9 Å². The molecule has 0 aliphatic heterocycles. The second kappa shape index (κ2) is 3.71. The summed E-state index contributed by atoms with van der Waals surface area (Å²) in [4.78, 5) is 1.10. The highest BCUT2D eigenvalue weighted by Crippen LogP contribution is 2.33. The number of rotatable bonds is 2. The van der Waals surface area contributed by atoms with E-state index in [9.17, 15) is 5.11 Å². The molecule has 2 rings (SSSR count). The first-order chi connectivity index (χ1) is 6.77. The third-order valence-electron chi connectivity index (χ3n) is 2.67. The minimum atomic E-state index is 0.161. The molecular formula is C12H14OS. The number of hydrogen-bond donors (Lipinski definition) is 1. The zero-order chi connectivity index (χ0) is 10.1. The van der Waals surface area contributed by atoms with Gasteiger partial charge in [0.15, 0.2) is 0 Å². The fourth-order valence-corrected chi connectivity index (χ4v) is 3.03. The predicted octanol–water partition coefficient (Wildman–Crippen LogP) is 3.26. The lowest BCUT2D eigenvalue weighted by atomic mass is 10.1. The fourth-order valence-electron chi connectivity index (χ4n) is 1.78. The van der Waals surface area contributed by atoms with E-state index in [0.717, 1.165) is 11.3 Å². The summed E-state index contributed by atoms with van der Waals surface area (Å²) in [5.74, 6) is 0. The molecule has 1 nitrogen and oxygen atoms in total. The van der Waals surface area contributed by atoms with Gasteiger partial charge in [-0.15, -0.1) is 11.3 Å². The van der Waals surface area contributed by atoms with E-state index < -0.39 is 0 Å². The first-order valence-electron chi connectivity index (χ1n) is 4.88. The van der Waals surface area contributed by atoms with Gasteiger partial charge in [0.2, 0.25) is 0 Å². The Hall–Kier alpha value is -0.860. The van der Waals surface area contributed by atoms with E-state index in [1.165, 1.54) is 21.2 Å². The van der Waals surface area contributed by atoms with E-state index >= 15 is 0 Å². The molecule has 0 saturated carbocycles. The van der Waals surface area contributed by atoms with Crippen molar-refractivity contribution in [1.29, 1.82) is 0 Å². The zero-order valence-electron chi connectivity index (χ0n) is 8.50. The molecule has 2 aromatic rings. The van der Waals surface area contributed by atoms with Gasteiger partial charge in [0, 0.05) is 9.58 Å². The van der Waals surface area contributed by atoms with Crippen LogP contribution in [0.2, 0.25) is 0 Å². The monoisotopic (exact) mass is 206 g/mol. The van der Waals surface area contributed by atoms with Gasteiger partial charge in [-0.2, -0.15) is 0 Å². The average Bonchev–Trinajstić information content (AvgIpc) is 2.55. The standard InChI is InChI=1S/C12H14OS/c1-3-9-5-4-6-10-8(2)11(7-13)14-12(9)10/h4-6,13H,3,7H2,1-2H3. The molecule has 1 aromatic carbocycles. The number of hydrogen-bond acceptors (Lipinski definition) is 2. The van der Waals surface area contributed by atoms with E-state index in [0.29, 0.717) is 0 Å². The van der Waals surface area contributed by atoms with Crippen LogP contribution in [0.3, 0.4) is 0 Å². The minimum absolute atomic E-state index is 0.161. The van der Waals surface area contributed by atoms with Crippen LogP contribution in [0.5, 0.6) is 0 Å². The van der Waals surface area contributed by atoms with Crippen molar-refractivity contribution in [1.82, 2.24) is 0 Å². The zero-order valence-corrected chi connectivity index (χ0v) is 9.32. The highest BCUT2D eigenvalue weighted by Gasteiger charge is 2.09. The van der Waals surface area contributed by atoms with Gasteiger partial charge in [-0.3, -0.25) is 0 Å². The van der Waals surface area contributed by atoms with Crippen LogP contribution in [0.4, 0.5) is 0 Å². The van der Waals surface area contributed by atoms with E-state index in [1.807, 2.05) is 0 Å². The molecule has 1 heterocycles. The van der Waals surface area contributed by atoms with Gasteiger partial charge < -0.3 is 5.11 Å². The molecule has 74 valence electrons. The van der Waals surface area contributed by atoms with Crippen molar-refractivity contribution < 1.29 is 5.11 Å². The Balaban J connectivity index is 2.77. The van der Waals surface area contributed by atoms with Gasteiger partial charge in [-0.1, -0.05) is 25.1 Å². The molecule has 0 fully saturated rings. The topological polar surface area (TPSA) is 20.2 Å². The lowest BCUT2D eigenvalue weighted by Gasteiger charge is -1.97. The van der Waals surface area contributed by atoms with Crippen molar-refractivity contribution in [3.05, 3.63) is 34.2 Å². The summed E-state index contributed by atoms with van der Waals surface area (Å²) in [6.07, 6.45) is 1.06. The van der Waals surface area contributed by atoms with E-state index in [4.69, 9.17) is 0 Å². The summed E-state index contributed by atoms with van der Waals surface area (Å²) in [7, 11) is 0. The second-order valence-corrected chi connectivity index (χ2v) is 4.56. The molecule has 0 aliphatic carbocycles. The van der Waals surface area contributed by atoms with Gasteiger partial charge >= 0.3 is 0 Å². The van der Waals surface area contributed by atoms with Crippen LogP contribution >= 0.6 is 11.3 Å². The molecule has 1 aromatic heterocycles. The summed E-state index contributed by atoms with van der Waals surface area (Å²) in [6.45, 7) is 4.42. The maximum Gasteiger partial charge on any atom is 0.0777 e. The lowest BCUT2D eigenvalue weighted by Crippen LogP contribution is -1.80. The van der Waals surface area contributed by atoms with Crippen LogP contribution < -0.4 is 0 Å². The number of thiophene rings is 1. The molecule has 0 spiro atoms. The molecule has 0 radical (unpaired) electrons. The molecule has 14 heavy (non-hydrogen) atoms. The third kappa shape index (κ3) is 1.35. The van der Waals surface area contributed by atoms with E-state index in [1.54, 1.807) is 11.3 Å². The quantitative estimate of drug-likeness (QED) is 0.799. The predicted molar refractivity (Wildman–Crippen MR) is 61.9 cm³/mol. The van der Waals surface area contributed by atoms with Crippen molar-refractivity contribution in [3.63, 3.8) is 0 Å². The Morgan fingerprint density at radius 3 is 2.79 bits per heavy atom. The van der Waals surface area contributed by atoms with Crippen molar-refractivity contribution >= 4 is 21.4 Å². The van der Waals surface area contributed by atoms with Crippen LogP contribution in [-0.2, 0) is 13.0 Å². The molecule has 0 amide bonds. The Kier molecular flexibility index (Phi) is 2.57. The molecule has 0 unspecified atom stereocenters. The normalized spacial score (nSPS) is 11.1. The second-order valence-electron chi connectivity index (χ2n) is 3.46. The Labute approximate surface area is 88.0 Å². The summed E-state index contributed by atoms with van der Waals surface area (Å²) in [5, 5.41) is 10.5. The number of fused-ring (bicyclic) bond motifs is 1. The van der Waals surface area contributed by atoms with Crippen LogP contribution in [0.25, 0.3) is 10.1 Å². The SMILES string of the molecule is CCc1cccc2c(C)c(CO)sc12. The largest absolute Gasteiger partial charge is 0.391 e. The molecule has 2 heteroatoms. The summed E-state index contributed by atoms with van der Waals surface area (Å²) in [5.41, 5.74) is 2.62. The highest BCUT2D eigenvalue weighted by atomic mass is 32.1. The molecule has 0 saturated heterocycles. The number of aliphatic hydroxyl groups excluding tert-OH is 1. The number of benzene rings is 1. The molecule has 0 atom stereocenters. The van der Waals surface area contributed by atoms with Gasteiger partial charge in [0.05, 0.1) is 6.61 Å². The third-order valence-corrected chi connectivity index (χ3v) is 4.04. The summed E-state index contributed by atoms with van der Waals surface area (Å²) in [6, 6.07) is 6.40. The Bertz CT molecular complexity index is 457. The van der Waals surface area contributed by atoms with Gasteiger partial charge in [0.1, 0.15) is 0 Å². The van der Waals surface area contributed by atoms with E-state index in [-0.39, 0.29) is 6.61 Å². The van der Waals surface area contributed by atoms with Gasteiger partial charge in [-0.05, 0) is 29.9 Å². The molecule has 0 aliphatic rings. The maximum absolute atomic E-state index is 9.19. The lowest BCUT2D eigenvalue weighted by molar-refractivity contribution is 0.285. The Morgan fingerprint density at radius 2 is 2.14 bits per heavy atom. The number of aryl methyl sites for hydroxylation is 2. The van der Waals surface area contributed by atoms with Gasteiger partial charge in [-0.25, -0.2) is 0 Å². The summed E-state index contributed by atoms with van der Waals surface area (Å²) < 4.78 is 1.34. The first kappa shape index (κ1) is 9.69.